The predicted molar refractivity (Wildman–Crippen MR) is 81.5 cm³/mol. The normalized spacial score (nSPS) is 24.0. The van der Waals surface area contributed by atoms with Crippen LogP contribution in [0.4, 0.5) is 8.78 Å². The molecule has 2 nitrogen and oxygen atoms in total. The van der Waals surface area contributed by atoms with E-state index in [1.807, 2.05) is 0 Å². The van der Waals surface area contributed by atoms with Crippen molar-refractivity contribution in [2.75, 3.05) is 0 Å². The van der Waals surface area contributed by atoms with Crippen LogP contribution in [0.1, 0.15) is 51.0 Å². The van der Waals surface area contributed by atoms with Crippen LogP contribution in [0.25, 0.3) is 0 Å². The molecule has 2 rings (SSSR count). The molecule has 0 aromatic heterocycles. The molecule has 0 amide bonds. The Bertz CT molecular complexity index is 442. The second-order valence-electron chi connectivity index (χ2n) is 6.28. The van der Waals surface area contributed by atoms with E-state index in [4.69, 9.17) is 5.84 Å². The zero-order chi connectivity index (χ0) is 15.2. The Morgan fingerprint density at radius 3 is 2.57 bits per heavy atom. The molecule has 118 valence electrons. The highest BCUT2D eigenvalue weighted by molar-refractivity contribution is 5.20. The third kappa shape index (κ3) is 4.48. The number of hydrogen-bond donors (Lipinski definition) is 2. The van der Waals surface area contributed by atoms with Gasteiger partial charge in [0.15, 0.2) is 0 Å². The molecule has 3 N–H and O–H groups in total. The molecule has 0 saturated heterocycles. The minimum Gasteiger partial charge on any atom is -0.271 e. The van der Waals surface area contributed by atoms with E-state index in [0.717, 1.165) is 24.8 Å². The average molecular weight is 296 g/mol. The van der Waals surface area contributed by atoms with Gasteiger partial charge in [-0.05, 0) is 54.9 Å². The highest BCUT2D eigenvalue weighted by Crippen LogP contribution is 2.34. The van der Waals surface area contributed by atoms with Crippen molar-refractivity contribution in [3.8, 4) is 0 Å². The Hall–Kier alpha value is -1.00. The highest BCUT2D eigenvalue weighted by Gasteiger charge is 2.27. The summed E-state index contributed by atoms with van der Waals surface area (Å²) < 4.78 is 27.0. The van der Waals surface area contributed by atoms with Crippen LogP contribution in [-0.2, 0) is 6.42 Å². The number of hydrogen-bond acceptors (Lipinski definition) is 2. The summed E-state index contributed by atoms with van der Waals surface area (Å²) in [6.07, 6.45) is 7.68. The summed E-state index contributed by atoms with van der Waals surface area (Å²) in [5.74, 6) is 6.20. The molecule has 0 spiro atoms. The van der Waals surface area contributed by atoms with Crippen LogP contribution in [0.15, 0.2) is 18.2 Å². The molecule has 1 saturated carbocycles. The maximum absolute atomic E-state index is 13.8. The van der Waals surface area contributed by atoms with Gasteiger partial charge in [-0.1, -0.05) is 32.6 Å². The van der Waals surface area contributed by atoms with E-state index < -0.39 is 5.82 Å². The van der Waals surface area contributed by atoms with Crippen LogP contribution in [0.3, 0.4) is 0 Å². The van der Waals surface area contributed by atoms with Gasteiger partial charge in [0.25, 0.3) is 0 Å². The van der Waals surface area contributed by atoms with Gasteiger partial charge in [0.2, 0.25) is 0 Å². The van der Waals surface area contributed by atoms with E-state index in [2.05, 4.69) is 12.3 Å². The summed E-state index contributed by atoms with van der Waals surface area (Å²) in [6, 6.07) is 3.64. The summed E-state index contributed by atoms with van der Waals surface area (Å²) in [6.45, 7) is 2.23. The molecule has 21 heavy (non-hydrogen) atoms. The zero-order valence-electron chi connectivity index (χ0n) is 12.7. The Labute approximate surface area is 126 Å². The van der Waals surface area contributed by atoms with Gasteiger partial charge in [0.1, 0.15) is 11.6 Å². The number of benzene rings is 1. The predicted octanol–water partition coefficient (Wildman–Crippen LogP) is 3.95. The maximum Gasteiger partial charge on any atom is 0.126 e. The van der Waals surface area contributed by atoms with E-state index in [0.29, 0.717) is 17.9 Å². The third-order valence-electron chi connectivity index (χ3n) is 4.82. The smallest absolute Gasteiger partial charge is 0.126 e. The van der Waals surface area contributed by atoms with E-state index in [9.17, 15) is 8.78 Å². The summed E-state index contributed by atoms with van der Waals surface area (Å²) in [5.41, 5.74) is 3.24. The number of nitrogens with one attached hydrogen (secondary N) is 1. The largest absolute Gasteiger partial charge is 0.271 e. The van der Waals surface area contributed by atoms with Crippen LogP contribution in [0.2, 0.25) is 0 Å². The molecule has 0 heterocycles. The van der Waals surface area contributed by atoms with Gasteiger partial charge in [-0.2, -0.15) is 0 Å². The molecular formula is C17H26F2N2. The van der Waals surface area contributed by atoms with Crippen molar-refractivity contribution >= 4 is 0 Å². The van der Waals surface area contributed by atoms with Crippen LogP contribution in [-0.4, -0.2) is 6.04 Å². The fraction of sp³-hybridized carbons (Fsp3) is 0.647. The lowest BCUT2D eigenvalue weighted by Gasteiger charge is -2.33. The second kappa shape index (κ2) is 7.85. The lowest BCUT2D eigenvalue weighted by atomic mass is 9.76. The molecule has 1 aromatic carbocycles. The topological polar surface area (TPSA) is 38.0 Å². The molecule has 1 aliphatic rings. The molecular weight excluding hydrogens is 270 g/mol. The van der Waals surface area contributed by atoms with Crippen molar-refractivity contribution < 1.29 is 8.78 Å². The summed E-state index contributed by atoms with van der Waals surface area (Å²) >= 11 is 0. The minimum atomic E-state index is -0.395. The van der Waals surface area contributed by atoms with Gasteiger partial charge in [0.05, 0.1) is 0 Å². The summed E-state index contributed by atoms with van der Waals surface area (Å²) in [5, 5.41) is 0. The summed E-state index contributed by atoms with van der Waals surface area (Å²) in [7, 11) is 0. The molecule has 0 bridgehead atoms. The molecule has 1 fully saturated rings. The quantitative estimate of drug-likeness (QED) is 0.616. The fourth-order valence-electron chi connectivity index (χ4n) is 3.59. The van der Waals surface area contributed by atoms with Crippen LogP contribution in [0.5, 0.6) is 0 Å². The van der Waals surface area contributed by atoms with Gasteiger partial charge in [-0.25, -0.2) is 8.78 Å². The number of hydrazine groups is 1. The van der Waals surface area contributed by atoms with E-state index in [-0.39, 0.29) is 11.9 Å². The fourth-order valence-corrected chi connectivity index (χ4v) is 3.59. The minimum absolute atomic E-state index is 0.0175. The molecule has 0 aliphatic heterocycles. The first kappa shape index (κ1) is 16.4. The Balaban J connectivity index is 1.96. The Kier molecular flexibility index (Phi) is 6.12. The molecule has 1 unspecified atom stereocenters. The van der Waals surface area contributed by atoms with Crippen molar-refractivity contribution in [3.63, 3.8) is 0 Å². The number of nitrogens with two attached hydrogens (primary N) is 1. The molecule has 1 aromatic rings. The van der Waals surface area contributed by atoms with Crippen molar-refractivity contribution in [1.82, 2.24) is 5.43 Å². The standard InChI is InChI=1S/C17H26F2N2/c1-2-3-12-4-6-13(7-5-12)17(21-20)11-14-10-15(18)8-9-16(14)19/h8-10,12-13,17,21H,2-7,11,20H2,1H3. The first-order chi connectivity index (χ1) is 10.1. The first-order valence-corrected chi connectivity index (χ1v) is 8.04. The van der Waals surface area contributed by atoms with Gasteiger partial charge >= 0.3 is 0 Å². The molecule has 0 radical (unpaired) electrons. The van der Waals surface area contributed by atoms with Crippen LogP contribution in [0, 0.1) is 23.5 Å². The monoisotopic (exact) mass is 296 g/mol. The number of rotatable bonds is 6. The van der Waals surface area contributed by atoms with E-state index in [1.165, 1.54) is 37.8 Å². The Morgan fingerprint density at radius 2 is 1.95 bits per heavy atom. The second-order valence-corrected chi connectivity index (χ2v) is 6.28. The average Bonchev–Trinajstić information content (AvgIpc) is 2.49. The van der Waals surface area contributed by atoms with Crippen LogP contribution < -0.4 is 11.3 Å². The highest BCUT2D eigenvalue weighted by atomic mass is 19.1. The Morgan fingerprint density at radius 1 is 1.24 bits per heavy atom. The third-order valence-corrected chi connectivity index (χ3v) is 4.82. The van der Waals surface area contributed by atoms with Crippen molar-refractivity contribution in [2.45, 2.75) is 57.9 Å². The van der Waals surface area contributed by atoms with Gasteiger partial charge in [-0.3, -0.25) is 11.3 Å². The number of halogens is 2. The first-order valence-electron chi connectivity index (χ1n) is 8.04. The van der Waals surface area contributed by atoms with E-state index in [1.54, 1.807) is 0 Å². The molecule has 1 aliphatic carbocycles. The zero-order valence-corrected chi connectivity index (χ0v) is 12.7. The van der Waals surface area contributed by atoms with Gasteiger partial charge in [0, 0.05) is 6.04 Å². The van der Waals surface area contributed by atoms with Crippen molar-refractivity contribution in [2.24, 2.45) is 17.7 Å². The van der Waals surface area contributed by atoms with E-state index >= 15 is 0 Å². The van der Waals surface area contributed by atoms with Gasteiger partial charge < -0.3 is 0 Å². The molecule has 4 heteroatoms. The van der Waals surface area contributed by atoms with Gasteiger partial charge in [-0.15, -0.1) is 0 Å². The van der Waals surface area contributed by atoms with Crippen LogP contribution >= 0.6 is 0 Å². The summed E-state index contributed by atoms with van der Waals surface area (Å²) in [4.78, 5) is 0. The lowest BCUT2D eigenvalue weighted by Crippen LogP contribution is -2.43. The maximum atomic E-state index is 13.8. The van der Waals surface area contributed by atoms with Crippen molar-refractivity contribution in [3.05, 3.63) is 35.4 Å². The van der Waals surface area contributed by atoms with Crippen molar-refractivity contribution in [1.29, 1.82) is 0 Å². The lowest BCUT2D eigenvalue weighted by molar-refractivity contribution is 0.212. The molecule has 1 atom stereocenters. The SMILES string of the molecule is CCCC1CCC(C(Cc2cc(F)ccc2F)NN)CC1.